The van der Waals surface area contributed by atoms with Gasteiger partial charge < -0.3 is 10.6 Å². The first kappa shape index (κ1) is 18.9. The molecule has 2 unspecified atom stereocenters. The smallest absolute Gasteiger partial charge is 0.269 e. The summed E-state index contributed by atoms with van der Waals surface area (Å²) < 4.78 is 26.8. The summed E-state index contributed by atoms with van der Waals surface area (Å²) >= 11 is 0. The van der Waals surface area contributed by atoms with Crippen LogP contribution in [0.15, 0.2) is 42.5 Å². The third-order valence-corrected chi connectivity index (χ3v) is 4.71. The molecule has 1 saturated heterocycles. The summed E-state index contributed by atoms with van der Waals surface area (Å²) in [7, 11) is 0. The van der Waals surface area contributed by atoms with Crippen molar-refractivity contribution in [2.24, 2.45) is 0 Å². The van der Waals surface area contributed by atoms with Crippen LogP contribution >= 0.6 is 0 Å². The number of hydrogen-bond donors (Lipinski definition) is 2. The Morgan fingerprint density at radius 3 is 2.59 bits per heavy atom. The van der Waals surface area contributed by atoms with E-state index < -0.39 is 16.6 Å². The molecule has 0 bridgehead atoms. The van der Waals surface area contributed by atoms with Gasteiger partial charge in [0.05, 0.1) is 11.3 Å². The number of nitro benzene ring substituents is 1. The monoisotopic (exact) mass is 375 g/mol. The molecule has 27 heavy (non-hydrogen) atoms. The van der Waals surface area contributed by atoms with E-state index in [1.807, 2.05) is 0 Å². The predicted octanol–water partition coefficient (Wildman–Crippen LogP) is 2.68. The number of amides is 1. The number of rotatable bonds is 5. The fraction of sp³-hybridized carbons (Fsp3) is 0.316. The summed E-state index contributed by atoms with van der Waals surface area (Å²) in [6.07, 6.45) is 0.770. The normalized spacial score (nSPS) is 19.5. The molecule has 6 nitrogen and oxygen atoms in total. The van der Waals surface area contributed by atoms with Crippen LogP contribution in [0.4, 0.5) is 14.5 Å². The van der Waals surface area contributed by atoms with Crippen molar-refractivity contribution in [3.05, 3.63) is 75.3 Å². The molecule has 1 aliphatic heterocycles. The zero-order chi connectivity index (χ0) is 19.4. The Balaban J connectivity index is 1.67. The Morgan fingerprint density at radius 2 is 1.93 bits per heavy atom. The van der Waals surface area contributed by atoms with Crippen LogP contribution in [0.25, 0.3) is 0 Å². The van der Waals surface area contributed by atoms with Gasteiger partial charge in [-0.3, -0.25) is 14.9 Å². The van der Waals surface area contributed by atoms with Gasteiger partial charge in [0.2, 0.25) is 5.91 Å². The minimum absolute atomic E-state index is 0.0333. The number of carbonyl (C=O) groups is 1. The lowest BCUT2D eigenvalue weighted by molar-refractivity contribution is -0.384. The standard InChI is InChI=1S/C19H19F2N3O3/c20-16-6-3-13(10-17(16)21)15-7-8-22-11-18(15)23-19(25)9-12-1-4-14(5-2-12)24(26)27/h1-6,10,15,18,22H,7-9,11H2,(H,23,25). The number of nitro groups is 1. The fourth-order valence-electron chi connectivity index (χ4n) is 3.33. The highest BCUT2D eigenvalue weighted by molar-refractivity contribution is 5.79. The van der Waals surface area contributed by atoms with E-state index in [9.17, 15) is 23.7 Å². The van der Waals surface area contributed by atoms with E-state index in [0.717, 1.165) is 12.6 Å². The van der Waals surface area contributed by atoms with Crippen molar-refractivity contribution in [3.63, 3.8) is 0 Å². The molecule has 2 N–H and O–H groups in total. The van der Waals surface area contributed by atoms with Gasteiger partial charge in [-0.2, -0.15) is 0 Å². The molecular weight excluding hydrogens is 356 g/mol. The van der Waals surface area contributed by atoms with Crippen LogP contribution in [0.5, 0.6) is 0 Å². The molecule has 2 aromatic rings. The van der Waals surface area contributed by atoms with Crippen molar-refractivity contribution < 1.29 is 18.5 Å². The second kappa shape index (κ2) is 8.22. The molecule has 0 aromatic heterocycles. The maximum atomic E-state index is 13.6. The van der Waals surface area contributed by atoms with Gasteiger partial charge >= 0.3 is 0 Å². The summed E-state index contributed by atoms with van der Waals surface area (Å²) in [6.45, 7) is 1.24. The molecular formula is C19H19F2N3O3. The summed E-state index contributed by atoms with van der Waals surface area (Å²) in [5.74, 6) is -2.15. The highest BCUT2D eigenvalue weighted by Gasteiger charge is 2.28. The third kappa shape index (κ3) is 4.65. The molecule has 1 heterocycles. The van der Waals surface area contributed by atoms with Crippen molar-refractivity contribution in [2.45, 2.75) is 24.8 Å². The zero-order valence-electron chi connectivity index (χ0n) is 14.5. The molecule has 2 atom stereocenters. The zero-order valence-corrected chi connectivity index (χ0v) is 14.5. The largest absolute Gasteiger partial charge is 0.351 e. The number of halogens is 2. The number of carbonyl (C=O) groups excluding carboxylic acids is 1. The number of nitrogens with one attached hydrogen (secondary N) is 2. The first-order chi connectivity index (χ1) is 12.9. The summed E-state index contributed by atoms with van der Waals surface area (Å²) in [5.41, 5.74) is 1.27. The Labute approximate surface area is 154 Å². The van der Waals surface area contributed by atoms with Crippen molar-refractivity contribution in [1.29, 1.82) is 0 Å². The van der Waals surface area contributed by atoms with Gasteiger partial charge in [0.25, 0.3) is 5.69 Å². The molecule has 3 rings (SSSR count). The Bertz CT molecular complexity index is 843. The lowest BCUT2D eigenvalue weighted by Crippen LogP contribution is -2.50. The van der Waals surface area contributed by atoms with Crippen molar-refractivity contribution in [3.8, 4) is 0 Å². The van der Waals surface area contributed by atoms with E-state index in [0.29, 0.717) is 24.1 Å². The van der Waals surface area contributed by atoms with E-state index in [4.69, 9.17) is 0 Å². The molecule has 0 radical (unpaired) electrons. The molecule has 1 amide bonds. The molecule has 1 fully saturated rings. The fourth-order valence-corrected chi connectivity index (χ4v) is 3.33. The van der Waals surface area contributed by atoms with Gasteiger partial charge in [0.15, 0.2) is 11.6 Å². The van der Waals surface area contributed by atoms with Gasteiger partial charge in [-0.05, 0) is 36.2 Å². The minimum Gasteiger partial charge on any atom is -0.351 e. The second-order valence-corrected chi connectivity index (χ2v) is 6.55. The summed E-state index contributed by atoms with van der Waals surface area (Å²) in [4.78, 5) is 22.6. The van der Waals surface area contributed by atoms with Crippen LogP contribution in [-0.2, 0) is 11.2 Å². The Morgan fingerprint density at radius 1 is 1.19 bits per heavy atom. The molecule has 0 spiro atoms. The highest BCUT2D eigenvalue weighted by Crippen LogP contribution is 2.27. The number of hydrogen-bond acceptors (Lipinski definition) is 4. The molecule has 1 aliphatic rings. The van der Waals surface area contributed by atoms with Gasteiger partial charge in [-0.25, -0.2) is 8.78 Å². The van der Waals surface area contributed by atoms with Crippen molar-refractivity contribution >= 4 is 11.6 Å². The van der Waals surface area contributed by atoms with Gasteiger partial charge in [-0.1, -0.05) is 18.2 Å². The first-order valence-corrected chi connectivity index (χ1v) is 8.62. The number of non-ortho nitro benzene ring substituents is 1. The maximum absolute atomic E-state index is 13.6. The summed E-state index contributed by atoms with van der Waals surface area (Å²) in [5, 5.41) is 16.8. The molecule has 0 aliphatic carbocycles. The van der Waals surface area contributed by atoms with Gasteiger partial charge in [0, 0.05) is 30.6 Å². The second-order valence-electron chi connectivity index (χ2n) is 6.55. The van der Waals surface area contributed by atoms with Gasteiger partial charge in [0.1, 0.15) is 0 Å². The van der Waals surface area contributed by atoms with E-state index in [-0.39, 0.29) is 30.0 Å². The van der Waals surface area contributed by atoms with E-state index in [2.05, 4.69) is 10.6 Å². The quantitative estimate of drug-likeness (QED) is 0.622. The van der Waals surface area contributed by atoms with Crippen molar-refractivity contribution in [1.82, 2.24) is 10.6 Å². The molecule has 2 aromatic carbocycles. The summed E-state index contributed by atoms with van der Waals surface area (Å²) in [6, 6.07) is 9.37. The van der Waals surface area contributed by atoms with Crippen LogP contribution in [0, 0.1) is 21.7 Å². The Hall–Kier alpha value is -2.87. The molecule has 142 valence electrons. The van der Waals surface area contributed by atoms with Crippen LogP contribution in [0.1, 0.15) is 23.5 Å². The average molecular weight is 375 g/mol. The Kier molecular flexibility index (Phi) is 5.75. The van der Waals surface area contributed by atoms with Crippen LogP contribution in [0.2, 0.25) is 0 Å². The van der Waals surface area contributed by atoms with Crippen LogP contribution in [0.3, 0.4) is 0 Å². The maximum Gasteiger partial charge on any atom is 0.269 e. The van der Waals surface area contributed by atoms with E-state index in [1.165, 1.54) is 18.2 Å². The topological polar surface area (TPSA) is 84.3 Å². The average Bonchev–Trinajstić information content (AvgIpc) is 2.65. The number of benzene rings is 2. The predicted molar refractivity (Wildman–Crippen MR) is 95.3 cm³/mol. The van der Waals surface area contributed by atoms with Crippen LogP contribution < -0.4 is 10.6 Å². The SMILES string of the molecule is O=C(Cc1ccc([N+](=O)[O-])cc1)NC1CNCCC1c1ccc(F)c(F)c1. The van der Waals surface area contributed by atoms with E-state index >= 15 is 0 Å². The minimum atomic E-state index is -0.901. The van der Waals surface area contributed by atoms with Crippen molar-refractivity contribution in [2.75, 3.05) is 13.1 Å². The lowest BCUT2D eigenvalue weighted by Gasteiger charge is -2.33. The van der Waals surface area contributed by atoms with Crippen LogP contribution in [-0.4, -0.2) is 30.0 Å². The highest BCUT2D eigenvalue weighted by atomic mass is 19.2. The molecule has 0 saturated carbocycles. The lowest BCUT2D eigenvalue weighted by atomic mass is 9.86. The molecule has 8 heteroatoms. The van der Waals surface area contributed by atoms with Gasteiger partial charge in [-0.15, -0.1) is 0 Å². The first-order valence-electron chi connectivity index (χ1n) is 8.62. The third-order valence-electron chi connectivity index (χ3n) is 4.71. The number of piperidine rings is 1. The van der Waals surface area contributed by atoms with E-state index in [1.54, 1.807) is 18.2 Å². The number of nitrogens with zero attached hydrogens (tertiary/aromatic N) is 1.